The number of pyridine rings is 2. The Morgan fingerprint density at radius 3 is 1.85 bits per heavy atom. The largest absolute Gasteiger partial charge is 0.481 e. The summed E-state index contributed by atoms with van der Waals surface area (Å²) in [5, 5.41) is 15.0. The van der Waals surface area contributed by atoms with Gasteiger partial charge in [-0.1, -0.05) is 58.5 Å². The van der Waals surface area contributed by atoms with Crippen molar-refractivity contribution in [3.05, 3.63) is 80.3 Å². The van der Waals surface area contributed by atoms with Crippen molar-refractivity contribution in [2.75, 3.05) is 10.6 Å². The van der Waals surface area contributed by atoms with Gasteiger partial charge in [0, 0.05) is 30.5 Å². The fraction of sp³-hybridized carbons (Fsp3) is 0.0952. The van der Waals surface area contributed by atoms with Crippen molar-refractivity contribution < 1.29 is 19.5 Å². The first-order chi connectivity index (χ1) is 15.7. The number of carboxylic acid groups (broad SMARTS) is 1. The van der Waals surface area contributed by atoms with Crippen molar-refractivity contribution in [2.24, 2.45) is 5.92 Å². The number of carboxylic acids is 1. The lowest BCUT2D eigenvalue weighted by atomic mass is 9.98. The molecule has 3 aromatic rings. The quantitative estimate of drug-likeness (QED) is 0.362. The highest BCUT2D eigenvalue weighted by Crippen LogP contribution is 2.29. The molecule has 3 N–H and O–H groups in total. The number of nitrogens with one attached hydrogen (secondary N) is 2. The van der Waals surface area contributed by atoms with Gasteiger partial charge in [0.2, 0.25) is 5.91 Å². The summed E-state index contributed by atoms with van der Waals surface area (Å²) in [4.78, 5) is 44.3. The molecule has 0 aliphatic carbocycles. The Morgan fingerprint density at radius 1 is 0.818 bits per heavy atom. The Morgan fingerprint density at radius 2 is 1.33 bits per heavy atom. The Kier molecular flexibility index (Phi) is 8.10. The topological polar surface area (TPSA) is 121 Å². The molecule has 2 heterocycles. The summed E-state index contributed by atoms with van der Waals surface area (Å²) in [6.45, 7) is 0. The van der Waals surface area contributed by atoms with Crippen LogP contribution in [0.15, 0.2) is 49.1 Å². The number of aliphatic carboxylic acids is 1. The van der Waals surface area contributed by atoms with Crippen molar-refractivity contribution in [1.29, 1.82) is 0 Å². The van der Waals surface area contributed by atoms with Gasteiger partial charge in [0.1, 0.15) is 5.92 Å². The number of hydrogen-bond acceptors (Lipinski definition) is 5. The minimum absolute atomic E-state index is 0.0773. The van der Waals surface area contributed by atoms with Crippen LogP contribution in [0.2, 0.25) is 20.1 Å². The highest BCUT2D eigenvalue weighted by molar-refractivity contribution is 6.40. The van der Waals surface area contributed by atoms with Gasteiger partial charge in [-0.2, -0.15) is 0 Å². The zero-order valence-electron chi connectivity index (χ0n) is 16.5. The molecule has 0 bridgehead atoms. The second-order valence-corrected chi connectivity index (χ2v) is 8.32. The molecule has 12 heteroatoms. The molecule has 0 fully saturated rings. The van der Waals surface area contributed by atoms with Crippen LogP contribution in [0.4, 0.5) is 11.4 Å². The Bertz CT molecular complexity index is 1180. The van der Waals surface area contributed by atoms with E-state index in [0.29, 0.717) is 11.3 Å². The van der Waals surface area contributed by atoms with Crippen molar-refractivity contribution in [1.82, 2.24) is 9.97 Å². The van der Waals surface area contributed by atoms with E-state index in [4.69, 9.17) is 46.4 Å². The molecule has 0 spiro atoms. The summed E-state index contributed by atoms with van der Waals surface area (Å²) in [7, 11) is 0. The highest BCUT2D eigenvalue weighted by atomic mass is 35.5. The number of hydrogen-bond donors (Lipinski definition) is 3. The van der Waals surface area contributed by atoms with Crippen LogP contribution in [-0.2, 0) is 16.0 Å². The van der Waals surface area contributed by atoms with E-state index in [9.17, 15) is 19.5 Å². The fourth-order valence-electron chi connectivity index (χ4n) is 2.81. The maximum Gasteiger partial charge on any atom is 0.316 e. The van der Waals surface area contributed by atoms with Crippen LogP contribution in [0, 0.1) is 5.92 Å². The van der Waals surface area contributed by atoms with Gasteiger partial charge in [-0.25, -0.2) is 0 Å². The second kappa shape index (κ2) is 10.8. The summed E-state index contributed by atoms with van der Waals surface area (Å²) in [5.41, 5.74) is 1.12. The van der Waals surface area contributed by atoms with Crippen LogP contribution in [0.1, 0.15) is 15.9 Å². The summed E-state index contributed by atoms with van der Waals surface area (Å²) in [6.07, 6.45) is 5.04. The third-order valence-electron chi connectivity index (χ3n) is 4.45. The van der Waals surface area contributed by atoms with Crippen LogP contribution in [0.25, 0.3) is 0 Å². The molecule has 0 aliphatic heterocycles. The van der Waals surface area contributed by atoms with E-state index in [1.165, 1.54) is 24.8 Å². The average molecular weight is 528 g/mol. The van der Waals surface area contributed by atoms with Crippen LogP contribution < -0.4 is 10.6 Å². The minimum Gasteiger partial charge on any atom is -0.481 e. The molecule has 3 rings (SSSR count). The predicted molar refractivity (Wildman–Crippen MR) is 126 cm³/mol. The van der Waals surface area contributed by atoms with Gasteiger partial charge in [0.05, 0.1) is 31.3 Å². The summed E-state index contributed by atoms with van der Waals surface area (Å²) < 4.78 is 0. The third kappa shape index (κ3) is 6.11. The lowest BCUT2D eigenvalue weighted by molar-refractivity contribution is -0.145. The maximum absolute atomic E-state index is 12.6. The lowest BCUT2D eigenvalue weighted by Gasteiger charge is -2.15. The number of aromatic nitrogens is 2. The van der Waals surface area contributed by atoms with Crippen LogP contribution in [0.3, 0.4) is 0 Å². The predicted octanol–water partition coefficient (Wildman–Crippen LogP) is 5.22. The molecule has 0 saturated heterocycles. The average Bonchev–Trinajstić information content (AvgIpc) is 2.75. The number of halogens is 4. The third-order valence-corrected chi connectivity index (χ3v) is 5.59. The van der Waals surface area contributed by atoms with Gasteiger partial charge in [-0.3, -0.25) is 24.4 Å². The van der Waals surface area contributed by atoms with Crippen molar-refractivity contribution in [3.63, 3.8) is 0 Å². The zero-order chi connectivity index (χ0) is 24.1. The van der Waals surface area contributed by atoms with E-state index < -0.39 is 23.7 Å². The van der Waals surface area contributed by atoms with Crippen LogP contribution in [0.5, 0.6) is 0 Å². The van der Waals surface area contributed by atoms with E-state index >= 15 is 0 Å². The van der Waals surface area contributed by atoms with Crippen molar-refractivity contribution in [3.8, 4) is 0 Å². The molecular weight excluding hydrogens is 514 g/mol. The number of anilines is 2. The number of amides is 2. The Labute approximate surface area is 207 Å². The Hall–Kier alpha value is -2.91. The lowest BCUT2D eigenvalue weighted by Crippen LogP contribution is -2.31. The molecule has 0 radical (unpaired) electrons. The molecule has 8 nitrogen and oxygen atoms in total. The molecule has 1 aromatic carbocycles. The van der Waals surface area contributed by atoms with Gasteiger partial charge in [0.15, 0.2) is 0 Å². The standard InChI is InChI=1S/C21H14Cl4N4O4/c22-13-6-26-7-14(23)17(13)20(31)28-11-3-1-10(2-4-11)5-12(21(32)33)19(30)29-18-15(24)8-27-9-16(18)25/h1-4,6-9,12H,5H2,(H,28,31)(H,32,33)(H,27,29,30). The van der Waals surface area contributed by atoms with Crippen LogP contribution in [-0.4, -0.2) is 32.9 Å². The van der Waals surface area contributed by atoms with E-state index in [2.05, 4.69) is 20.6 Å². The van der Waals surface area contributed by atoms with E-state index in [-0.39, 0.29) is 37.8 Å². The molecular formula is C21H14Cl4N4O4. The first kappa shape index (κ1) is 24.7. The van der Waals surface area contributed by atoms with E-state index in [0.717, 1.165) is 0 Å². The number of benzene rings is 1. The SMILES string of the molecule is O=C(Nc1ccc(CC(C(=O)O)C(=O)Nc2c(Cl)cncc2Cl)cc1)c1c(Cl)cncc1Cl. The smallest absolute Gasteiger partial charge is 0.316 e. The van der Waals surface area contributed by atoms with Crippen molar-refractivity contribution >= 4 is 75.6 Å². The highest BCUT2D eigenvalue weighted by Gasteiger charge is 2.28. The molecule has 170 valence electrons. The van der Waals surface area contributed by atoms with Gasteiger partial charge in [-0.05, 0) is 24.1 Å². The van der Waals surface area contributed by atoms with Gasteiger partial charge < -0.3 is 15.7 Å². The van der Waals surface area contributed by atoms with E-state index in [1.54, 1.807) is 24.3 Å². The van der Waals surface area contributed by atoms with Crippen LogP contribution >= 0.6 is 46.4 Å². The Balaban J connectivity index is 1.71. The fourth-order valence-corrected chi connectivity index (χ4v) is 3.81. The molecule has 33 heavy (non-hydrogen) atoms. The molecule has 1 unspecified atom stereocenters. The molecule has 0 saturated carbocycles. The maximum atomic E-state index is 12.6. The monoisotopic (exact) mass is 526 g/mol. The summed E-state index contributed by atoms with van der Waals surface area (Å²) in [5.74, 6) is -4.07. The first-order valence-electron chi connectivity index (χ1n) is 9.19. The number of rotatable bonds is 7. The molecule has 2 aromatic heterocycles. The summed E-state index contributed by atoms with van der Waals surface area (Å²) >= 11 is 23.9. The van der Waals surface area contributed by atoms with Gasteiger partial charge >= 0.3 is 5.97 Å². The number of carbonyl (C=O) groups is 3. The van der Waals surface area contributed by atoms with Crippen molar-refractivity contribution in [2.45, 2.75) is 6.42 Å². The normalized spacial score (nSPS) is 11.5. The van der Waals surface area contributed by atoms with Gasteiger partial charge in [-0.15, -0.1) is 0 Å². The first-order valence-corrected chi connectivity index (χ1v) is 10.7. The minimum atomic E-state index is -1.42. The number of nitrogens with zero attached hydrogens (tertiary/aromatic N) is 2. The molecule has 0 aliphatic rings. The second-order valence-electron chi connectivity index (χ2n) is 6.69. The number of carbonyl (C=O) groups excluding carboxylic acids is 2. The molecule has 1 atom stereocenters. The van der Waals surface area contributed by atoms with E-state index in [1.807, 2.05) is 0 Å². The zero-order valence-corrected chi connectivity index (χ0v) is 19.5. The molecule has 2 amide bonds. The van der Waals surface area contributed by atoms with Gasteiger partial charge in [0.25, 0.3) is 5.91 Å². The summed E-state index contributed by atoms with van der Waals surface area (Å²) in [6, 6.07) is 6.29.